The minimum atomic E-state index is -0.220. The van der Waals surface area contributed by atoms with Crippen LogP contribution < -0.4 is 9.80 Å². The van der Waals surface area contributed by atoms with Gasteiger partial charge < -0.3 is 9.64 Å². The molecule has 1 aliphatic heterocycles. The molecule has 128 valence electrons. The zero-order chi connectivity index (χ0) is 17.1. The molecule has 0 unspecified atom stereocenters. The number of hydrogen-bond donors (Lipinski definition) is 0. The van der Waals surface area contributed by atoms with Crippen LogP contribution in [0.25, 0.3) is 0 Å². The first-order chi connectivity index (χ1) is 11.6. The van der Waals surface area contributed by atoms with Crippen LogP contribution in [0.5, 0.6) is 0 Å². The van der Waals surface area contributed by atoms with Crippen LogP contribution in [0, 0.1) is 5.82 Å². The predicted molar refractivity (Wildman–Crippen MR) is 93.2 cm³/mol. The Morgan fingerprint density at radius 3 is 3.08 bits per heavy atom. The highest BCUT2D eigenvalue weighted by Gasteiger charge is 2.21. The summed E-state index contributed by atoms with van der Waals surface area (Å²) in [4.78, 5) is 20.1. The zero-order valence-corrected chi connectivity index (χ0v) is 14.6. The Hall–Kier alpha value is -1.99. The molecular weight excluding hydrogens is 329 g/mol. The maximum Gasteiger partial charge on any atom is 0.225 e. The molecule has 2 aromatic rings. The Balaban J connectivity index is 1.73. The van der Waals surface area contributed by atoms with Gasteiger partial charge in [-0.3, -0.25) is 9.69 Å². The number of halogens is 1. The lowest BCUT2D eigenvalue weighted by Gasteiger charge is -2.19. The summed E-state index contributed by atoms with van der Waals surface area (Å²) < 4.78 is 18.5. The van der Waals surface area contributed by atoms with Gasteiger partial charge in [0.25, 0.3) is 0 Å². The number of carbonyl (C=O) groups excluding carboxylic acids is 1. The number of thiazole rings is 1. The molecule has 0 saturated heterocycles. The Bertz CT molecular complexity index is 734. The van der Waals surface area contributed by atoms with Crippen molar-refractivity contribution in [3.63, 3.8) is 0 Å². The summed E-state index contributed by atoms with van der Waals surface area (Å²) in [5, 5.41) is 2.63. The number of anilines is 2. The highest BCUT2D eigenvalue weighted by molar-refractivity contribution is 7.14. The number of methoxy groups -OCH3 is 1. The van der Waals surface area contributed by atoms with Gasteiger partial charge >= 0.3 is 0 Å². The van der Waals surface area contributed by atoms with Gasteiger partial charge in [-0.2, -0.15) is 0 Å². The fourth-order valence-corrected chi connectivity index (χ4v) is 3.73. The van der Waals surface area contributed by atoms with Crippen LogP contribution in [0.15, 0.2) is 23.6 Å². The Morgan fingerprint density at radius 2 is 2.33 bits per heavy atom. The molecule has 7 heteroatoms. The molecular formula is C17H20FN3O2S. The number of fused-ring (bicyclic) bond motifs is 1. The molecule has 24 heavy (non-hydrogen) atoms. The first kappa shape index (κ1) is 16.9. The number of carbonyl (C=O) groups is 1. The largest absolute Gasteiger partial charge is 0.383 e. The van der Waals surface area contributed by atoms with Gasteiger partial charge in [0.15, 0.2) is 5.13 Å². The van der Waals surface area contributed by atoms with Crippen molar-refractivity contribution in [1.82, 2.24) is 4.98 Å². The van der Waals surface area contributed by atoms with E-state index in [9.17, 15) is 9.18 Å². The zero-order valence-electron chi connectivity index (χ0n) is 13.8. The number of aromatic nitrogens is 1. The smallest absolute Gasteiger partial charge is 0.225 e. The van der Waals surface area contributed by atoms with Crippen molar-refractivity contribution in [3.05, 3.63) is 40.7 Å². The molecule has 0 atom stereocenters. The maximum absolute atomic E-state index is 13.5. The third kappa shape index (κ3) is 3.57. The Kier molecular flexibility index (Phi) is 5.11. The van der Waals surface area contributed by atoms with Crippen molar-refractivity contribution >= 4 is 28.1 Å². The van der Waals surface area contributed by atoms with E-state index in [4.69, 9.17) is 4.74 Å². The van der Waals surface area contributed by atoms with E-state index in [1.165, 1.54) is 24.3 Å². The van der Waals surface area contributed by atoms with Crippen LogP contribution in [0.2, 0.25) is 0 Å². The minimum Gasteiger partial charge on any atom is -0.383 e. The van der Waals surface area contributed by atoms with E-state index in [2.05, 4.69) is 9.88 Å². The lowest BCUT2D eigenvalue weighted by Crippen LogP contribution is -2.31. The Morgan fingerprint density at radius 1 is 1.50 bits per heavy atom. The predicted octanol–water partition coefficient (Wildman–Crippen LogP) is 2.84. The van der Waals surface area contributed by atoms with Crippen LogP contribution in [0.4, 0.5) is 15.2 Å². The monoisotopic (exact) mass is 349 g/mol. The third-order valence-corrected chi connectivity index (χ3v) is 4.97. The van der Waals surface area contributed by atoms with Crippen LogP contribution >= 0.6 is 11.3 Å². The van der Waals surface area contributed by atoms with E-state index in [1.807, 2.05) is 11.4 Å². The van der Waals surface area contributed by atoms with Gasteiger partial charge in [0, 0.05) is 31.6 Å². The van der Waals surface area contributed by atoms with Crippen LogP contribution in [0.1, 0.15) is 18.2 Å². The normalized spacial score (nSPS) is 13.2. The van der Waals surface area contributed by atoms with Gasteiger partial charge in [-0.25, -0.2) is 9.37 Å². The molecule has 1 aliphatic rings. The molecule has 0 aliphatic carbocycles. The van der Waals surface area contributed by atoms with E-state index in [0.29, 0.717) is 24.8 Å². The first-order valence-corrected chi connectivity index (χ1v) is 8.71. The van der Waals surface area contributed by atoms with Crippen molar-refractivity contribution in [3.8, 4) is 0 Å². The minimum absolute atomic E-state index is 0.0541. The van der Waals surface area contributed by atoms with Crippen molar-refractivity contribution < 1.29 is 13.9 Å². The summed E-state index contributed by atoms with van der Waals surface area (Å²) in [5.74, 6) is -0.275. The van der Waals surface area contributed by atoms with E-state index in [0.717, 1.165) is 29.9 Å². The van der Waals surface area contributed by atoms with Crippen LogP contribution in [0.3, 0.4) is 0 Å². The van der Waals surface area contributed by atoms with E-state index >= 15 is 0 Å². The highest BCUT2D eigenvalue weighted by atomic mass is 32.1. The standard InChI is InChI=1S/C17H20FN3O2S/c1-12(22)21(7-8-23-2)17-19-15(11-24-17)10-20-6-5-13-3-4-14(18)9-16(13)20/h3-4,9,11H,5-8,10H2,1-2H3. The molecule has 0 bridgehead atoms. The second-order valence-electron chi connectivity index (χ2n) is 5.73. The summed E-state index contributed by atoms with van der Waals surface area (Å²) >= 11 is 1.44. The number of benzene rings is 1. The first-order valence-electron chi connectivity index (χ1n) is 7.83. The van der Waals surface area contributed by atoms with Crippen molar-refractivity contribution in [2.24, 2.45) is 0 Å². The third-order valence-electron chi connectivity index (χ3n) is 4.06. The van der Waals surface area contributed by atoms with Gasteiger partial charge in [0.2, 0.25) is 5.91 Å². The average molecular weight is 349 g/mol. The quantitative estimate of drug-likeness (QED) is 0.804. The second-order valence-corrected chi connectivity index (χ2v) is 6.57. The molecule has 0 radical (unpaired) electrons. The fourth-order valence-electron chi connectivity index (χ4n) is 2.84. The van der Waals surface area contributed by atoms with Crippen LogP contribution in [-0.4, -0.2) is 37.7 Å². The maximum atomic E-state index is 13.5. The molecule has 1 aromatic carbocycles. The summed E-state index contributed by atoms with van der Waals surface area (Å²) in [7, 11) is 1.61. The van der Waals surface area contributed by atoms with Crippen LogP contribution in [-0.2, 0) is 22.5 Å². The average Bonchev–Trinajstić information content (AvgIpc) is 3.16. The molecule has 0 spiro atoms. The van der Waals surface area contributed by atoms with Gasteiger partial charge in [-0.15, -0.1) is 11.3 Å². The van der Waals surface area contributed by atoms with E-state index < -0.39 is 0 Å². The topological polar surface area (TPSA) is 45.7 Å². The molecule has 2 heterocycles. The molecule has 0 fully saturated rings. The summed E-state index contributed by atoms with van der Waals surface area (Å²) in [6.07, 6.45) is 0.917. The summed E-state index contributed by atoms with van der Waals surface area (Å²) in [6, 6.07) is 4.93. The molecule has 0 saturated carbocycles. The SMILES string of the molecule is COCCN(C(C)=O)c1nc(CN2CCc3ccc(F)cc32)cs1. The van der Waals surface area contributed by atoms with Gasteiger partial charge in [0.05, 0.1) is 25.4 Å². The fraction of sp³-hybridized carbons (Fsp3) is 0.412. The number of amides is 1. The van der Waals surface area contributed by atoms with Gasteiger partial charge in [0.1, 0.15) is 5.82 Å². The number of hydrogen-bond acceptors (Lipinski definition) is 5. The van der Waals surface area contributed by atoms with E-state index in [-0.39, 0.29) is 11.7 Å². The van der Waals surface area contributed by atoms with Crippen molar-refractivity contribution in [1.29, 1.82) is 0 Å². The molecule has 3 rings (SSSR count). The lowest BCUT2D eigenvalue weighted by atomic mass is 10.2. The van der Waals surface area contributed by atoms with Crippen molar-refractivity contribution in [2.75, 3.05) is 36.6 Å². The summed E-state index contributed by atoms with van der Waals surface area (Å²) in [5.41, 5.74) is 2.99. The second kappa shape index (κ2) is 7.27. The molecule has 0 N–H and O–H groups in total. The lowest BCUT2D eigenvalue weighted by molar-refractivity contribution is -0.116. The molecule has 1 aromatic heterocycles. The number of rotatable bonds is 6. The molecule has 1 amide bonds. The number of ether oxygens (including phenoxy) is 1. The van der Waals surface area contributed by atoms with Crippen molar-refractivity contribution in [2.45, 2.75) is 19.9 Å². The number of nitrogens with zero attached hydrogens (tertiary/aromatic N) is 3. The Labute approximate surface area is 144 Å². The van der Waals surface area contributed by atoms with Gasteiger partial charge in [-0.1, -0.05) is 6.07 Å². The van der Waals surface area contributed by atoms with E-state index in [1.54, 1.807) is 18.1 Å². The summed E-state index contributed by atoms with van der Waals surface area (Å²) in [6.45, 7) is 3.94. The molecule has 5 nitrogen and oxygen atoms in total. The highest BCUT2D eigenvalue weighted by Crippen LogP contribution is 2.31. The van der Waals surface area contributed by atoms with Gasteiger partial charge in [-0.05, 0) is 24.1 Å².